The highest BCUT2D eigenvalue weighted by molar-refractivity contribution is 9.10. The lowest BCUT2D eigenvalue weighted by Gasteiger charge is -2.08. The molecule has 100 valence electrons. The quantitative estimate of drug-likeness (QED) is 0.816. The van der Waals surface area contributed by atoms with Crippen LogP contribution in [0.25, 0.3) is 0 Å². The van der Waals surface area contributed by atoms with Crippen molar-refractivity contribution >= 4 is 21.7 Å². The molecule has 0 bridgehead atoms. The van der Waals surface area contributed by atoms with E-state index in [1.807, 2.05) is 49.4 Å². The number of hydrogen-bond donors (Lipinski definition) is 1. The molecule has 0 saturated carbocycles. The number of rotatable bonds is 6. The van der Waals surface area contributed by atoms with E-state index >= 15 is 0 Å². The fraction of sp³-hybridized carbons (Fsp3) is 0.267. The van der Waals surface area contributed by atoms with Gasteiger partial charge in [0.1, 0.15) is 11.6 Å². The first-order chi connectivity index (χ1) is 9.25. The standard InChI is InChI=1S/C15H17BrN2O/c1-12-14(16)8-9-15(18-12)17-10-5-11-19-13-6-3-2-4-7-13/h2-4,6-9H,5,10-11H2,1H3,(H,17,18). The zero-order valence-electron chi connectivity index (χ0n) is 10.9. The summed E-state index contributed by atoms with van der Waals surface area (Å²) < 4.78 is 6.65. The van der Waals surface area contributed by atoms with E-state index in [9.17, 15) is 0 Å². The minimum Gasteiger partial charge on any atom is -0.494 e. The van der Waals surface area contributed by atoms with Gasteiger partial charge < -0.3 is 10.1 Å². The Labute approximate surface area is 122 Å². The van der Waals surface area contributed by atoms with Crippen LogP contribution in [0.1, 0.15) is 12.1 Å². The van der Waals surface area contributed by atoms with Crippen LogP contribution in [0.4, 0.5) is 5.82 Å². The normalized spacial score (nSPS) is 10.2. The van der Waals surface area contributed by atoms with Crippen LogP contribution < -0.4 is 10.1 Å². The van der Waals surface area contributed by atoms with E-state index in [1.165, 1.54) is 0 Å². The highest BCUT2D eigenvalue weighted by Crippen LogP contribution is 2.16. The molecule has 1 heterocycles. The van der Waals surface area contributed by atoms with Crippen molar-refractivity contribution in [1.82, 2.24) is 4.98 Å². The monoisotopic (exact) mass is 320 g/mol. The topological polar surface area (TPSA) is 34.2 Å². The Kier molecular flexibility index (Phi) is 5.21. The lowest BCUT2D eigenvalue weighted by molar-refractivity contribution is 0.315. The number of anilines is 1. The number of nitrogens with one attached hydrogen (secondary N) is 1. The van der Waals surface area contributed by atoms with Crippen molar-refractivity contribution < 1.29 is 4.74 Å². The molecule has 1 aromatic carbocycles. The largest absolute Gasteiger partial charge is 0.494 e. The SMILES string of the molecule is Cc1nc(NCCCOc2ccccc2)ccc1Br. The zero-order chi connectivity index (χ0) is 13.5. The number of nitrogens with zero attached hydrogens (tertiary/aromatic N) is 1. The smallest absolute Gasteiger partial charge is 0.126 e. The molecule has 0 unspecified atom stereocenters. The number of benzene rings is 1. The Hall–Kier alpha value is -1.55. The molecule has 0 atom stereocenters. The highest BCUT2D eigenvalue weighted by Gasteiger charge is 1.98. The highest BCUT2D eigenvalue weighted by atomic mass is 79.9. The Bertz CT molecular complexity index is 517. The van der Waals surface area contributed by atoms with Gasteiger partial charge >= 0.3 is 0 Å². The maximum atomic E-state index is 5.62. The van der Waals surface area contributed by atoms with E-state index in [4.69, 9.17) is 4.74 Å². The first-order valence-electron chi connectivity index (χ1n) is 6.30. The van der Waals surface area contributed by atoms with Crippen molar-refractivity contribution in [3.05, 3.63) is 52.6 Å². The van der Waals surface area contributed by atoms with E-state index in [2.05, 4.69) is 26.2 Å². The Morgan fingerprint density at radius 2 is 1.95 bits per heavy atom. The van der Waals surface area contributed by atoms with Gasteiger partial charge in [-0.2, -0.15) is 0 Å². The van der Waals surface area contributed by atoms with Gasteiger partial charge in [-0.05, 0) is 53.5 Å². The maximum absolute atomic E-state index is 5.62. The van der Waals surface area contributed by atoms with Gasteiger partial charge in [0, 0.05) is 11.0 Å². The number of aryl methyl sites for hydroxylation is 1. The van der Waals surface area contributed by atoms with Crippen LogP contribution in [0.3, 0.4) is 0 Å². The van der Waals surface area contributed by atoms with Crippen molar-refractivity contribution in [3.63, 3.8) is 0 Å². The summed E-state index contributed by atoms with van der Waals surface area (Å²) in [5.74, 6) is 1.82. The summed E-state index contributed by atoms with van der Waals surface area (Å²) >= 11 is 3.44. The minimum atomic E-state index is 0.701. The third-order valence-corrected chi connectivity index (χ3v) is 3.50. The summed E-state index contributed by atoms with van der Waals surface area (Å²) in [4.78, 5) is 4.43. The van der Waals surface area contributed by atoms with E-state index in [0.29, 0.717) is 6.61 Å². The van der Waals surface area contributed by atoms with Gasteiger partial charge in [0.05, 0.1) is 12.3 Å². The molecule has 2 rings (SSSR count). The lowest BCUT2D eigenvalue weighted by Crippen LogP contribution is -2.08. The molecule has 0 fully saturated rings. The minimum absolute atomic E-state index is 0.701. The molecule has 19 heavy (non-hydrogen) atoms. The molecule has 2 aromatic rings. The summed E-state index contributed by atoms with van der Waals surface area (Å²) in [6, 6.07) is 13.8. The van der Waals surface area contributed by atoms with Gasteiger partial charge in [-0.25, -0.2) is 4.98 Å². The molecule has 0 radical (unpaired) electrons. The average Bonchev–Trinajstić information content (AvgIpc) is 2.43. The predicted molar refractivity (Wildman–Crippen MR) is 81.7 cm³/mol. The van der Waals surface area contributed by atoms with Crippen LogP contribution in [-0.4, -0.2) is 18.1 Å². The average molecular weight is 321 g/mol. The zero-order valence-corrected chi connectivity index (χ0v) is 12.5. The van der Waals surface area contributed by atoms with Crippen LogP contribution in [0.2, 0.25) is 0 Å². The van der Waals surface area contributed by atoms with Crippen molar-refractivity contribution in [2.75, 3.05) is 18.5 Å². The number of aromatic nitrogens is 1. The molecule has 3 nitrogen and oxygen atoms in total. The molecule has 0 aliphatic heterocycles. The fourth-order valence-electron chi connectivity index (χ4n) is 1.64. The van der Waals surface area contributed by atoms with Crippen molar-refractivity contribution in [3.8, 4) is 5.75 Å². The summed E-state index contributed by atoms with van der Waals surface area (Å²) in [6.07, 6.45) is 0.936. The second kappa shape index (κ2) is 7.14. The molecular weight excluding hydrogens is 304 g/mol. The second-order valence-electron chi connectivity index (χ2n) is 4.21. The molecule has 0 spiro atoms. The third kappa shape index (κ3) is 4.56. The number of para-hydroxylation sites is 1. The van der Waals surface area contributed by atoms with E-state index in [0.717, 1.165) is 34.7 Å². The second-order valence-corrected chi connectivity index (χ2v) is 5.06. The van der Waals surface area contributed by atoms with Crippen molar-refractivity contribution in [2.24, 2.45) is 0 Å². The molecule has 1 aromatic heterocycles. The van der Waals surface area contributed by atoms with Gasteiger partial charge in [-0.3, -0.25) is 0 Å². The lowest BCUT2D eigenvalue weighted by atomic mass is 10.3. The van der Waals surface area contributed by atoms with Gasteiger partial charge in [0.2, 0.25) is 0 Å². The Morgan fingerprint density at radius 3 is 2.68 bits per heavy atom. The van der Waals surface area contributed by atoms with Gasteiger partial charge in [0.25, 0.3) is 0 Å². The van der Waals surface area contributed by atoms with Crippen LogP contribution in [0, 0.1) is 6.92 Å². The summed E-state index contributed by atoms with van der Waals surface area (Å²) in [5.41, 5.74) is 0.991. The fourth-order valence-corrected chi connectivity index (χ4v) is 1.86. The molecule has 0 aliphatic rings. The molecule has 0 aliphatic carbocycles. The number of pyridine rings is 1. The summed E-state index contributed by atoms with van der Waals surface area (Å²) in [7, 11) is 0. The van der Waals surface area contributed by atoms with E-state index in [-0.39, 0.29) is 0 Å². The van der Waals surface area contributed by atoms with Gasteiger partial charge in [-0.1, -0.05) is 18.2 Å². The predicted octanol–water partition coefficient (Wildman–Crippen LogP) is 4.03. The van der Waals surface area contributed by atoms with Crippen molar-refractivity contribution in [2.45, 2.75) is 13.3 Å². The first kappa shape index (κ1) is 13.9. The van der Waals surface area contributed by atoms with Crippen LogP contribution >= 0.6 is 15.9 Å². The molecular formula is C15H17BrN2O. The van der Waals surface area contributed by atoms with Crippen molar-refractivity contribution in [1.29, 1.82) is 0 Å². The number of halogens is 1. The number of hydrogen-bond acceptors (Lipinski definition) is 3. The summed E-state index contributed by atoms with van der Waals surface area (Å²) in [6.45, 7) is 3.53. The number of ether oxygens (including phenoxy) is 1. The van der Waals surface area contributed by atoms with E-state index < -0.39 is 0 Å². The molecule has 0 saturated heterocycles. The molecule has 0 amide bonds. The molecule has 1 N–H and O–H groups in total. The van der Waals surface area contributed by atoms with Crippen LogP contribution in [-0.2, 0) is 0 Å². The van der Waals surface area contributed by atoms with Crippen LogP contribution in [0.15, 0.2) is 46.9 Å². The molecule has 4 heteroatoms. The third-order valence-electron chi connectivity index (χ3n) is 2.66. The van der Waals surface area contributed by atoms with E-state index in [1.54, 1.807) is 0 Å². The Balaban J connectivity index is 1.68. The Morgan fingerprint density at radius 1 is 1.16 bits per heavy atom. The van der Waals surface area contributed by atoms with Crippen LogP contribution in [0.5, 0.6) is 5.75 Å². The maximum Gasteiger partial charge on any atom is 0.126 e. The van der Waals surface area contributed by atoms with Gasteiger partial charge in [-0.15, -0.1) is 0 Å². The van der Waals surface area contributed by atoms with Gasteiger partial charge in [0.15, 0.2) is 0 Å². The summed E-state index contributed by atoms with van der Waals surface area (Å²) in [5, 5.41) is 3.29. The first-order valence-corrected chi connectivity index (χ1v) is 7.10.